The van der Waals surface area contributed by atoms with Crippen molar-refractivity contribution < 1.29 is 8.42 Å². The zero-order valence-corrected chi connectivity index (χ0v) is 12.4. The van der Waals surface area contributed by atoms with Crippen LogP contribution in [0.5, 0.6) is 0 Å². The highest BCUT2D eigenvalue weighted by atomic mass is 32.2. The highest BCUT2D eigenvalue weighted by Crippen LogP contribution is 2.24. The number of primary sulfonamides is 1. The Morgan fingerprint density at radius 3 is 2.50 bits per heavy atom. The van der Waals surface area contributed by atoms with Gasteiger partial charge in [-0.3, -0.25) is 4.57 Å². The van der Waals surface area contributed by atoms with Gasteiger partial charge in [-0.1, -0.05) is 38.1 Å². The van der Waals surface area contributed by atoms with Gasteiger partial charge in [0.2, 0.25) is 0 Å². The van der Waals surface area contributed by atoms with Gasteiger partial charge >= 0.3 is 0 Å². The van der Waals surface area contributed by atoms with Gasteiger partial charge in [0, 0.05) is 12.1 Å². The molecule has 0 fully saturated rings. The van der Waals surface area contributed by atoms with Crippen LogP contribution in [-0.4, -0.2) is 23.2 Å². The number of hydrogen-bond acceptors (Lipinski definition) is 4. The van der Waals surface area contributed by atoms with Gasteiger partial charge in [-0.2, -0.15) is 0 Å². The van der Waals surface area contributed by atoms with Crippen LogP contribution in [0.3, 0.4) is 0 Å². The van der Waals surface area contributed by atoms with Crippen LogP contribution in [0, 0.1) is 0 Å². The second-order valence-corrected chi connectivity index (χ2v) is 5.97. The molecule has 1 aromatic carbocycles. The molecule has 1 aromatic heterocycles. The number of aryl methyl sites for hydroxylation is 1. The number of rotatable bonds is 5. The molecule has 2 rings (SSSR count). The number of hydrogen-bond donors (Lipinski definition) is 1. The average Bonchev–Trinajstić information content (AvgIpc) is 2.82. The molecule has 0 aliphatic carbocycles. The Hall–Kier alpha value is -1.73. The highest BCUT2D eigenvalue weighted by molar-refractivity contribution is 7.89. The topological polar surface area (TPSA) is 90.9 Å². The molecule has 0 spiro atoms. The summed E-state index contributed by atoms with van der Waals surface area (Å²) in [6.07, 6.45) is 1.60. The van der Waals surface area contributed by atoms with Crippen LogP contribution in [0.4, 0.5) is 0 Å². The van der Waals surface area contributed by atoms with Crippen LogP contribution in [0.25, 0.3) is 11.4 Å². The molecule has 6 nitrogen and oxygen atoms in total. The Morgan fingerprint density at radius 2 is 1.90 bits per heavy atom. The molecule has 0 radical (unpaired) electrons. The summed E-state index contributed by atoms with van der Waals surface area (Å²) < 4.78 is 24.7. The first kappa shape index (κ1) is 14.7. The summed E-state index contributed by atoms with van der Waals surface area (Å²) in [6.45, 7) is 4.51. The van der Waals surface area contributed by atoms with E-state index in [1.807, 2.05) is 38.1 Å². The molecule has 0 aliphatic heterocycles. The first-order valence-electron chi connectivity index (χ1n) is 6.53. The molecule has 1 heterocycles. The van der Waals surface area contributed by atoms with Crippen LogP contribution < -0.4 is 5.14 Å². The standard InChI is InChI=1S/C13H18N4O2S/c1-3-9-17-12(15-16-13(17)20(14,18)19)11-8-6-5-7-10(11)4-2/h5-8H,3-4,9H2,1-2H3,(H2,14,18,19). The maximum Gasteiger partial charge on any atom is 0.273 e. The fraction of sp³-hybridized carbons (Fsp3) is 0.385. The van der Waals surface area contributed by atoms with E-state index in [0.29, 0.717) is 12.4 Å². The maximum atomic E-state index is 11.6. The average molecular weight is 294 g/mol. The molecule has 0 amide bonds. The molecule has 0 saturated carbocycles. The minimum atomic E-state index is -3.87. The SMILES string of the molecule is CCCn1c(-c2ccccc2CC)nnc1S(N)(=O)=O. The molecule has 0 unspecified atom stereocenters. The quantitative estimate of drug-likeness (QED) is 0.906. The lowest BCUT2D eigenvalue weighted by molar-refractivity contribution is 0.559. The molecule has 0 aliphatic rings. The minimum Gasteiger partial charge on any atom is -0.297 e. The van der Waals surface area contributed by atoms with Gasteiger partial charge in [-0.15, -0.1) is 10.2 Å². The predicted octanol–water partition coefficient (Wildman–Crippen LogP) is 1.56. The second kappa shape index (κ2) is 5.72. The van der Waals surface area contributed by atoms with Crippen molar-refractivity contribution in [3.63, 3.8) is 0 Å². The van der Waals surface area contributed by atoms with Gasteiger partial charge in [0.1, 0.15) is 0 Å². The largest absolute Gasteiger partial charge is 0.297 e. The van der Waals surface area contributed by atoms with Gasteiger partial charge in [-0.25, -0.2) is 13.6 Å². The molecular formula is C13H18N4O2S. The van der Waals surface area contributed by atoms with Crippen LogP contribution in [0.1, 0.15) is 25.8 Å². The van der Waals surface area contributed by atoms with Crippen LogP contribution in [0.2, 0.25) is 0 Å². The van der Waals surface area contributed by atoms with Gasteiger partial charge in [0.25, 0.3) is 15.2 Å². The van der Waals surface area contributed by atoms with E-state index in [-0.39, 0.29) is 5.16 Å². The van der Waals surface area contributed by atoms with Crippen LogP contribution in [-0.2, 0) is 23.0 Å². The van der Waals surface area contributed by atoms with Crippen molar-refractivity contribution in [3.8, 4) is 11.4 Å². The van der Waals surface area contributed by atoms with Crippen molar-refractivity contribution in [2.45, 2.75) is 38.4 Å². The van der Waals surface area contributed by atoms with Crippen molar-refractivity contribution in [1.82, 2.24) is 14.8 Å². The van der Waals surface area contributed by atoms with Crippen LogP contribution in [0.15, 0.2) is 29.4 Å². The smallest absolute Gasteiger partial charge is 0.273 e. The Kier molecular flexibility index (Phi) is 4.20. The van der Waals surface area contributed by atoms with E-state index in [2.05, 4.69) is 10.2 Å². The molecule has 0 saturated heterocycles. The van der Waals surface area contributed by atoms with Gasteiger partial charge < -0.3 is 0 Å². The van der Waals surface area contributed by atoms with E-state index < -0.39 is 10.0 Å². The highest BCUT2D eigenvalue weighted by Gasteiger charge is 2.22. The van der Waals surface area contributed by atoms with Gasteiger partial charge in [0.15, 0.2) is 5.82 Å². The Labute approximate surface area is 118 Å². The Morgan fingerprint density at radius 1 is 1.20 bits per heavy atom. The van der Waals surface area contributed by atoms with E-state index in [9.17, 15) is 8.42 Å². The molecule has 2 N–H and O–H groups in total. The summed E-state index contributed by atoms with van der Waals surface area (Å²) in [5.41, 5.74) is 1.99. The van der Waals surface area contributed by atoms with Gasteiger partial charge in [-0.05, 0) is 18.4 Å². The molecule has 7 heteroatoms. The third-order valence-corrected chi connectivity index (χ3v) is 3.87. The first-order valence-corrected chi connectivity index (χ1v) is 8.08. The summed E-state index contributed by atoms with van der Waals surface area (Å²) >= 11 is 0. The second-order valence-electron chi connectivity index (χ2n) is 4.51. The zero-order chi connectivity index (χ0) is 14.8. The third kappa shape index (κ3) is 2.73. The minimum absolute atomic E-state index is 0.180. The molecule has 0 bridgehead atoms. The van der Waals surface area contributed by atoms with E-state index in [4.69, 9.17) is 5.14 Å². The number of sulfonamides is 1. The van der Waals surface area contributed by atoms with Crippen molar-refractivity contribution in [2.75, 3.05) is 0 Å². The van der Waals surface area contributed by atoms with E-state index in [1.165, 1.54) is 0 Å². The Bertz CT molecular complexity index is 707. The summed E-state index contributed by atoms with van der Waals surface area (Å²) in [4.78, 5) is 0. The first-order chi connectivity index (χ1) is 9.49. The van der Waals surface area contributed by atoms with Crippen molar-refractivity contribution >= 4 is 10.0 Å². The summed E-state index contributed by atoms with van der Waals surface area (Å²) in [6, 6.07) is 7.76. The van der Waals surface area contributed by atoms with E-state index in [0.717, 1.165) is 24.0 Å². The van der Waals surface area contributed by atoms with Crippen molar-refractivity contribution in [1.29, 1.82) is 0 Å². The number of nitrogens with zero attached hydrogens (tertiary/aromatic N) is 3. The lowest BCUT2D eigenvalue weighted by atomic mass is 10.0. The van der Waals surface area contributed by atoms with E-state index in [1.54, 1.807) is 4.57 Å². The van der Waals surface area contributed by atoms with E-state index >= 15 is 0 Å². The number of nitrogens with two attached hydrogens (primary N) is 1. The molecule has 108 valence electrons. The summed E-state index contributed by atoms with van der Waals surface area (Å²) in [5, 5.41) is 12.8. The number of benzene rings is 1. The fourth-order valence-corrected chi connectivity index (χ4v) is 2.81. The number of aromatic nitrogens is 3. The lowest BCUT2D eigenvalue weighted by Crippen LogP contribution is -2.19. The molecule has 2 aromatic rings. The zero-order valence-electron chi connectivity index (χ0n) is 11.6. The summed E-state index contributed by atoms with van der Waals surface area (Å²) in [7, 11) is -3.87. The lowest BCUT2D eigenvalue weighted by Gasteiger charge is -2.10. The predicted molar refractivity (Wildman–Crippen MR) is 76.5 cm³/mol. The molecule has 20 heavy (non-hydrogen) atoms. The van der Waals surface area contributed by atoms with Crippen LogP contribution >= 0.6 is 0 Å². The summed E-state index contributed by atoms with van der Waals surface area (Å²) in [5.74, 6) is 0.549. The van der Waals surface area contributed by atoms with Gasteiger partial charge in [0.05, 0.1) is 0 Å². The fourth-order valence-electron chi connectivity index (χ4n) is 2.17. The molecular weight excluding hydrogens is 276 g/mol. The van der Waals surface area contributed by atoms with Crippen molar-refractivity contribution in [3.05, 3.63) is 29.8 Å². The monoisotopic (exact) mass is 294 g/mol. The van der Waals surface area contributed by atoms with Crippen molar-refractivity contribution in [2.24, 2.45) is 5.14 Å². The maximum absolute atomic E-state index is 11.6. The third-order valence-electron chi connectivity index (χ3n) is 3.06. The normalized spacial score (nSPS) is 11.8. The molecule has 0 atom stereocenters. The Balaban J connectivity index is 2.66.